The number of pyridine rings is 1. The normalized spacial score (nSPS) is 14.9. The van der Waals surface area contributed by atoms with Gasteiger partial charge in [-0.15, -0.1) is 11.3 Å². The Morgan fingerprint density at radius 1 is 1.26 bits per heavy atom. The van der Waals surface area contributed by atoms with Gasteiger partial charge in [0.2, 0.25) is 4.96 Å². The van der Waals surface area contributed by atoms with Gasteiger partial charge in [-0.05, 0) is 25.1 Å². The van der Waals surface area contributed by atoms with E-state index in [1.165, 1.54) is 46.8 Å². The number of hydrogen-bond acceptors (Lipinski definition) is 9. The molecule has 0 saturated carbocycles. The summed E-state index contributed by atoms with van der Waals surface area (Å²) in [5.41, 5.74) is 2.38. The van der Waals surface area contributed by atoms with E-state index in [9.17, 15) is 14.4 Å². The number of nitrogens with one attached hydrogen (secondary N) is 1. The van der Waals surface area contributed by atoms with Crippen LogP contribution in [0.25, 0.3) is 4.96 Å². The zero-order valence-electron chi connectivity index (χ0n) is 21.0. The van der Waals surface area contributed by atoms with Gasteiger partial charge >= 0.3 is 0 Å². The maximum atomic E-state index is 13.6. The first kappa shape index (κ1) is 26.1. The van der Waals surface area contributed by atoms with Crippen molar-refractivity contribution in [1.82, 2.24) is 34.7 Å². The second kappa shape index (κ2) is 10.3. The Hall–Kier alpha value is -3.55. The number of hydrogen-bond donors (Lipinski definition) is 1. The lowest BCUT2D eigenvalue weighted by Gasteiger charge is -2.34. The second-order valence-corrected chi connectivity index (χ2v) is 11.3. The summed E-state index contributed by atoms with van der Waals surface area (Å²) < 4.78 is 7.53. The summed E-state index contributed by atoms with van der Waals surface area (Å²) in [6.07, 6.45) is 0.560. The summed E-state index contributed by atoms with van der Waals surface area (Å²) in [5, 5.41) is 9.76. The number of thiophene rings is 1. The van der Waals surface area contributed by atoms with Gasteiger partial charge in [-0.25, -0.2) is 14.5 Å². The molecule has 1 aliphatic rings. The van der Waals surface area contributed by atoms with Crippen LogP contribution in [0.3, 0.4) is 0 Å². The molecule has 3 amide bonds. The second-order valence-electron chi connectivity index (χ2n) is 8.79. The van der Waals surface area contributed by atoms with Crippen LogP contribution in [0.15, 0.2) is 23.6 Å². The van der Waals surface area contributed by atoms with Gasteiger partial charge in [-0.1, -0.05) is 22.9 Å². The van der Waals surface area contributed by atoms with E-state index in [0.29, 0.717) is 18.5 Å². The van der Waals surface area contributed by atoms with Gasteiger partial charge in [-0.3, -0.25) is 14.4 Å². The van der Waals surface area contributed by atoms with Crippen molar-refractivity contribution in [3.63, 3.8) is 0 Å². The van der Waals surface area contributed by atoms with Gasteiger partial charge in [0.05, 0.1) is 17.0 Å². The van der Waals surface area contributed by atoms with Gasteiger partial charge in [0.15, 0.2) is 17.5 Å². The molecule has 38 heavy (non-hydrogen) atoms. The summed E-state index contributed by atoms with van der Waals surface area (Å²) in [7, 11) is 4.90. The van der Waals surface area contributed by atoms with Crippen molar-refractivity contribution in [3.8, 4) is 5.75 Å². The summed E-state index contributed by atoms with van der Waals surface area (Å²) in [4.78, 5) is 51.6. The molecule has 1 aliphatic heterocycles. The van der Waals surface area contributed by atoms with E-state index < -0.39 is 6.04 Å². The molecule has 0 aliphatic carbocycles. The van der Waals surface area contributed by atoms with E-state index in [0.717, 1.165) is 26.2 Å². The predicted octanol–water partition coefficient (Wildman–Crippen LogP) is 2.82. The number of imidazole rings is 1. The van der Waals surface area contributed by atoms with Gasteiger partial charge in [-0.2, -0.15) is 5.10 Å². The Bertz CT molecular complexity index is 1560. The van der Waals surface area contributed by atoms with Crippen molar-refractivity contribution in [2.45, 2.75) is 19.4 Å². The average molecular weight is 574 g/mol. The van der Waals surface area contributed by atoms with Gasteiger partial charge in [0, 0.05) is 44.4 Å². The number of carbonyl (C=O) groups excluding carboxylic acids is 3. The fourth-order valence-corrected chi connectivity index (χ4v) is 6.26. The molecule has 0 fully saturated rings. The molecule has 0 spiro atoms. The average Bonchev–Trinajstić information content (AvgIpc) is 3.60. The molecule has 14 heteroatoms. The molecular formula is C24H24ClN7O4S2. The van der Waals surface area contributed by atoms with Crippen LogP contribution in [0.1, 0.15) is 48.2 Å². The minimum absolute atomic E-state index is 0.0167. The quantitative estimate of drug-likeness (QED) is 0.352. The zero-order valence-corrected chi connectivity index (χ0v) is 23.4. The highest BCUT2D eigenvalue weighted by atomic mass is 35.5. The molecule has 4 aromatic heterocycles. The molecule has 0 saturated heterocycles. The van der Waals surface area contributed by atoms with Crippen molar-refractivity contribution in [1.29, 1.82) is 0 Å². The van der Waals surface area contributed by atoms with Crippen LogP contribution in [-0.4, -0.2) is 81.4 Å². The third kappa shape index (κ3) is 4.72. The minimum Gasteiger partial charge on any atom is -0.481 e. The largest absolute Gasteiger partial charge is 0.481 e. The molecule has 0 radical (unpaired) electrons. The smallest absolute Gasteiger partial charge is 0.269 e. The van der Waals surface area contributed by atoms with E-state index >= 15 is 0 Å². The van der Waals surface area contributed by atoms with E-state index in [1.54, 1.807) is 28.9 Å². The number of carbonyl (C=O) groups is 3. The standard InChI is InChI=1S/C24H24ClN7O4S2/c1-12-29-32-19-14(28-24(32)38-12)7-8-31(20(19)17-9-13(11-37-17)23(35)30(3)4)18(33)10-36-16-6-5-15(22(34)26-2)27-21(16)25/h5-6,9,11,20H,7-8,10H2,1-4H3,(H,26,34). The molecular weight excluding hydrogens is 550 g/mol. The minimum atomic E-state index is -0.496. The Morgan fingerprint density at radius 3 is 2.76 bits per heavy atom. The number of rotatable bonds is 6. The maximum Gasteiger partial charge on any atom is 0.269 e. The Kier molecular flexibility index (Phi) is 7.07. The molecule has 1 unspecified atom stereocenters. The van der Waals surface area contributed by atoms with E-state index in [1.807, 2.05) is 13.0 Å². The first-order chi connectivity index (χ1) is 18.2. The lowest BCUT2D eigenvalue weighted by atomic mass is 10.0. The summed E-state index contributed by atoms with van der Waals surface area (Å²) >= 11 is 9.11. The maximum absolute atomic E-state index is 13.6. The fourth-order valence-electron chi connectivity index (χ4n) is 4.29. The van der Waals surface area contributed by atoms with Crippen molar-refractivity contribution in [3.05, 3.63) is 61.3 Å². The molecule has 5 heterocycles. The number of aryl methyl sites for hydroxylation is 1. The third-order valence-electron chi connectivity index (χ3n) is 6.06. The lowest BCUT2D eigenvalue weighted by molar-refractivity contribution is -0.135. The summed E-state index contributed by atoms with van der Waals surface area (Å²) in [5.74, 6) is -0.578. The third-order valence-corrected chi connectivity index (χ3v) is 8.14. The van der Waals surface area contributed by atoms with Crippen LogP contribution in [0.4, 0.5) is 0 Å². The van der Waals surface area contributed by atoms with Gasteiger partial charge < -0.3 is 19.9 Å². The molecule has 1 atom stereocenters. The van der Waals surface area contributed by atoms with E-state index in [4.69, 9.17) is 21.3 Å². The monoisotopic (exact) mass is 573 g/mol. The molecule has 0 aromatic carbocycles. The van der Waals surface area contributed by atoms with Crippen molar-refractivity contribution in [2.24, 2.45) is 0 Å². The Labute approximate surface area is 231 Å². The molecule has 0 bridgehead atoms. The Balaban J connectivity index is 1.46. The molecule has 11 nitrogen and oxygen atoms in total. The highest BCUT2D eigenvalue weighted by Crippen LogP contribution is 2.39. The van der Waals surface area contributed by atoms with Crippen molar-refractivity contribution in [2.75, 3.05) is 34.3 Å². The number of amides is 3. The highest BCUT2D eigenvalue weighted by Gasteiger charge is 2.38. The summed E-state index contributed by atoms with van der Waals surface area (Å²) in [6.45, 7) is 2.03. The van der Waals surface area contributed by atoms with Crippen LogP contribution in [-0.2, 0) is 11.2 Å². The Morgan fingerprint density at radius 2 is 2.05 bits per heavy atom. The first-order valence-corrected chi connectivity index (χ1v) is 13.7. The van der Waals surface area contributed by atoms with Crippen LogP contribution < -0.4 is 10.1 Å². The number of fused-ring (bicyclic) bond motifs is 3. The van der Waals surface area contributed by atoms with E-state index in [2.05, 4.69) is 15.4 Å². The van der Waals surface area contributed by atoms with Crippen molar-refractivity contribution >= 4 is 57.0 Å². The van der Waals surface area contributed by atoms with Crippen LogP contribution in [0, 0.1) is 6.92 Å². The number of aromatic nitrogens is 4. The van der Waals surface area contributed by atoms with Crippen LogP contribution in [0.2, 0.25) is 5.15 Å². The van der Waals surface area contributed by atoms with Crippen molar-refractivity contribution < 1.29 is 19.1 Å². The number of ether oxygens (including phenoxy) is 1. The molecule has 5 rings (SSSR count). The number of halogens is 1. The molecule has 1 N–H and O–H groups in total. The summed E-state index contributed by atoms with van der Waals surface area (Å²) in [6, 6.07) is 4.31. The lowest BCUT2D eigenvalue weighted by Crippen LogP contribution is -2.43. The van der Waals surface area contributed by atoms with E-state index in [-0.39, 0.29) is 40.9 Å². The topological polar surface area (TPSA) is 122 Å². The number of nitrogens with zero attached hydrogens (tertiary/aromatic N) is 6. The van der Waals surface area contributed by atoms with Crippen LogP contribution >= 0.6 is 34.3 Å². The van der Waals surface area contributed by atoms with Gasteiger partial charge in [0.1, 0.15) is 16.7 Å². The van der Waals surface area contributed by atoms with Crippen LogP contribution in [0.5, 0.6) is 5.75 Å². The van der Waals surface area contributed by atoms with Gasteiger partial charge in [0.25, 0.3) is 17.7 Å². The fraction of sp³-hybridized carbons (Fsp3) is 0.333. The zero-order chi connectivity index (χ0) is 27.1. The molecule has 4 aromatic rings. The first-order valence-electron chi connectivity index (χ1n) is 11.6. The SMILES string of the molecule is CNC(=O)c1ccc(OCC(=O)N2CCc3nc4sc(C)nn4c3C2c2cc(C(=O)N(C)C)cs2)c(Cl)n1. The molecule has 198 valence electrons. The predicted molar refractivity (Wildman–Crippen MR) is 143 cm³/mol. The highest BCUT2D eigenvalue weighted by molar-refractivity contribution is 7.16.